The van der Waals surface area contributed by atoms with E-state index in [1.54, 1.807) is 17.2 Å². The van der Waals surface area contributed by atoms with Gasteiger partial charge in [0, 0.05) is 48.5 Å². The summed E-state index contributed by atoms with van der Waals surface area (Å²) >= 11 is 0. The average molecular weight is 394 g/mol. The van der Waals surface area contributed by atoms with Crippen LogP contribution in [0.5, 0.6) is 0 Å². The zero-order valence-electron chi connectivity index (χ0n) is 16.1. The van der Waals surface area contributed by atoms with Gasteiger partial charge >= 0.3 is 0 Å². The van der Waals surface area contributed by atoms with Crippen molar-refractivity contribution < 1.29 is 14.4 Å². The number of pyridine rings is 1. The number of anilines is 1. The number of nitrogens with one attached hydrogen (secondary N) is 2. The molecule has 0 unspecified atom stereocenters. The van der Waals surface area contributed by atoms with Crippen LogP contribution in [-0.2, 0) is 11.4 Å². The molecule has 0 aliphatic carbocycles. The maximum absolute atomic E-state index is 12.3. The number of aromatic nitrogens is 3. The molecule has 4 heterocycles. The van der Waals surface area contributed by atoms with Gasteiger partial charge < -0.3 is 24.8 Å². The molecule has 1 aliphatic heterocycles. The van der Waals surface area contributed by atoms with E-state index < -0.39 is 0 Å². The van der Waals surface area contributed by atoms with E-state index in [1.165, 1.54) is 0 Å². The van der Waals surface area contributed by atoms with Crippen LogP contribution >= 0.6 is 0 Å². The van der Waals surface area contributed by atoms with Crippen molar-refractivity contribution in [2.45, 2.75) is 32.4 Å². The lowest BCUT2D eigenvalue weighted by Gasteiger charge is -2.37. The fraction of sp³-hybridized carbons (Fsp3) is 0.400. The van der Waals surface area contributed by atoms with Crippen molar-refractivity contribution in [3.63, 3.8) is 0 Å². The monoisotopic (exact) mass is 394 g/mol. The summed E-state index contributed by atoms with van der Waals surface area (Å²) in [5.74, 6) is 0.542. The molecule has 1 saturated heterocycles. The number of rotatable bonds is 5. The summed E-state index contributed by atoms with van der Waals surface area (Å²) in [6.45, 7) is 3.06. The lowest BCUT2D eigenvalue weighted by atomic mass is 9.95. The highest BCUT2D eigenvalue weighted by Crippen LogP contribution is 2.34. The second kappa shape index (κ2) is 7.93. The summed E-state index contributed by atoms with van der Waals surface area (Å²) in [4.78, 5) is 21.6. The van der Waals surface area contributed by atoms with Gasteiger partial charge in [0.2, 0.25) is 5.91 Å². The molecule has 3 N–H and O–H groups in total. The van der Waals surface area contributed by atoms with E-state index >= 15 is 0 Å². The molecule has 1 fully saturated rings. The molecule has 9 heteroatoms. The predicted molar refractivity (Wildman–Crippen MR) is 106 cm³/mol. The van der Waals surface area contributed by atoms with Crippen LogP contribution in [-0.4, -0.2) is 50.2 Å². The van der Waals surface area contributed by atoms with Crippen molar-refractivity contribution in [3.8, 4) is 17.3 Å². The van der Waals surface area contributed by atoms with Crippen molar-refractivity contribution in [1.82, 2.24) is 20.0 Å². The lowest BCUT2D eigenvalue weighted by Crippen LogP contribution is -2.48. The molecule has 2 atom stereocenters. The second-order valence-electron chi connectivity index (χ2n) is 7.44. The third-order valence-corrected chi connectivity index (χ3v) is 5.17. The standard InChI is InChI=1S/C20H22N6O3/c1-12-6-13(10-26(9-12)18(28)2-4-21)24-19-15-3-5-22-20(15)23-8-16(19)17-7-14(11-27)29-25-17/h3,5,7-8,12-13,27H,2,6,9-11H2,1H3,(H2,22,23,24)/t12-,13+/m0/s1. The van der Waals surface area contributed by atoms with Crippen LogP contribution in [0, 0.1) is 17.2 Å². The van der Waals surface area contributed by atoms with Gasteiger partial charge in [0.15, 0.2) is 5.76 Å². The molecule has 150 valence electrons. The van der Waals surface area contributed by atoms with Crippen molar-refractivity contribution in [3.05, 3.63) is 30.3 Å². The molecule has 29 heavy (non-hydrogen) atoms. The van der Waals surface area contributed by atoms with E-state index in [0.717, 1.165) is 28.7 Å². The van der Waals surface area contributed by atoms with Gasteiger partial charge in [-0.25, -0.2) is 4.98 Å². The molecule has 1 amide bonds. The summed E-state index contributed by atoms with van der Waals surface area (Å²) < 4.78 is 5.15. The summed E-state index contributed by atoms with van der Waals surface area (Å²) in [6.07, 6.45) is 4.32. The number of aliphatic hydroxyl groups excluding tert-OH is 1. The third kappa shape index (κ3) is 3.79. The van der Waals surface area contributed by atoms with Crippen LogP contribution in [0.1, 0.15) is 25.5 Å². The SMILES string of the molecule is C[C@H]1C[C@@H](Nc2c(-c3cc(CO)on3)cnc3[nH]ccc23)CN(C(=O)CC#N)C1. The van der Waals surface area contributed by atoms with Gasteiger partial charge in [0.05, 0.1) is 11.8 Å². The van der Waals surface area contributed by atoms with Gasteiger partial charge in [0.1, 0.15) is 24.4 Å². The summed E-state index contributed by atoms with van der Waals surface area (Å²) in [7, 11) is 0. The molecule has 3 aromatic rings. The molecular weight excluding hydrogens is 372 g/mol. The van der Waals surface area contributed by atoms with Crippen molar-refractivity contribution in [2.24, 2.45) is 5.92 Å². The first kappa shape index (κ1) is 19.0. The van der Waals surface area contributed by atoms with Crippen LogP contribution in [0.4, 0.5) is 5.69 Å². The normalized spacial score (nSPS) is 19.3. The zero-order valence-corrected chi connectivity index (χ0v) is 16.1. The molecule has 3 aromatic heterocycles. The number of fused-ring (bicyclic) bond motifs is 1. The van der Waals surface area contributed by atoms with Crippen LogP contribution in [0.25, 0.3) is 22.3 Å². The minimum absolute atomic E-state index is 0.0184. The maximum atomic E-state index is 12.3. The Labute approximate surface area is 167 Å². The number of amides is 1. The first-order valence-corrected chi connectivity index (χ1v) is 9.53. The Kier molecular flexibility index (Phi) is 5.18. The van der Waals surface area contributed by atoms with Gasteiger partial charge in [-0.3, -0.25) is 4.79 Å². The van der Waals surface area contributed by atoms with Crippen LogP contribution in [0.3, 0.4) is 0 Å². The molecule has 0 saturated carbocycles. The minimum Gasteiger partial charge on any atom is -0.388 e. The lowest BCUT2D eigenvalue weighted by molar-refractivity contribution is -0.132. The predicted octanol–water partition coefficient (Wildman–Crippen LogP) is 2.27. The number of carbonyl (C=O) groups is 1. The van der Waals surface area contributed by atoms with Crippen molar-refractivity contribution in [1.29, 1.82) is 5.26 Å². The highest BCUT2D eigenvalue weighted by molar-refractivity contribution is 5.97. The average Bonchev–Trinajstić information content (AvgIpc) is 3.37. The number of carbonyl (C=O) groups excluding carboxylic acids is 1. The number of hydrogen-bond donors (Lipinski definition) is 3. The van der Waals surface area contributed by atoms with Crippen LogP contribution in [0.2, 0.25) is 0 Å². The number of H-pyrrole nitrogens is 1. The van der Waals surface area contributed by atoms with Crippen molar-refractivity contribution in [2.75, 3.05) is 18.4 Å². The molecule has 1 aliphatic rings. The van der Waals surface area contributed by atoms with E-state index in [-0.39, 0.29) is 25.0 Å². The number of likely N-dealkylation sites (tertiary alicyclic amines) is 1. The number of aliphatic hydroxyl groups is 1. The Morgan fingerprint density at radius 2 is 2.38 bits per heavy atom. The number of hydrogen-bond acceptors (Lipinski definition) is 7. The molecule has 4 rings (SSSR count). The summed E-state index contributed by atoms with van der Waals surface area (Å²) in [6, 6.07) is 5.58. The Morgan fingerprint density at radius 3 is 3.14 bits per heavy atom. The molecule has 0 radical (unpaired) electrons. The topological polar surface area (TPSA) is 131 Å². The molecular formula is C20H22N6O3. The quantitative estimate of drug-likeness (QED) is 0.605. The fourth-order valence-corrected chi connectivity index (χ4v) is 3.92. The number of nitrogens with zero attached hydrogens (tertiary/aromatic N) is 4. The first-order valence-electron chi connectivity index (χ1n) is 9.53. The Morgan fingerprint density at radius 1 is 1.52 bits per heavy atom. The Bertz CT molecular complexity index is 1070. The fourth-order valence-electron chi connectivity index (χ4n) is 3.92. The summed E-state index contributed by atoms with van der Waals surface area (Å²) in [5.41, 5.74) is 2.92. The molecule has 0 bridgehead atoms. The first-order chi connectivity index (χ1) is 14.1. The molecule has 0 aromatic carbocycles. The minimum atomic E-state index is -0.230. The largest absolute Gasteiger partial charge is 0.388 e. The number of nitriles is 1. The van der Waals surface area contributed by atoms with E-state index in [0.29, 0.717) is 30.5 Å². The van der Waals surface area contributed by atoms with E-state index in [2.05, 4.69) is 27.4 Å². The highest BCUT2D eigenvalue weighted by atomic mass is 16.5. The van der Waals surface area contributed by atoms with E-state index in [1.807, 2.05) is 18.3 Å². The van der Waals surface area contributed by atoms with Gasteiger partial charge in [-0.05, 0) is 18.4 Å². The smallest absolute Gasteiger partial charge is 0.236 e. The van der Waals surface area contributed by atoms with Gasteiger partial charge in [-0.15, -0.1) is 0 Å². The molecule has 0 spiro atoms. The number of piperidine rings is 1. The third-order valence-electron chi connectivity index (χ3n) is 5.17. The van der Waals surface area contributed by atoms with Crippen molar-refractivity contribution >= 4 is 22.6 Å². The van der Waals surface area contributed by atoms with Crippen LogP contribution in [0.15, 0.2) is 29.0 Å². The van der Waals surface area contributed by atoms with E-state index in [9.17, 15) is 9.90 Å². The molecule has 9 nitrogen and oxygen atoms in total. The Balaban J connectivity index is 1.67. The maximum Gasteiger partial charge on any atom is 0.236 e. The highest BCUT2D eigenvalue weighted by Gasteiger charge is 2.29. The van der Waals surface area contributed by atoms with Gasteiger partial charge in [-0.2, -0.15) is 5.26 Å². The van der Waals surface area contributed by atoms with Gasteiger partial charge in [-0.1, -0.05) is 12.1 Å². The van der Waals surface area contributed by atoms with E-state index in [4.69, 9.17) is 9.78 Å². The second-order valence-corrected chi connectivity index (χ2v) is 7.44. The zero-order chi connectivity index (χ0) is 20.4. The Hall–Kier alpha value is -3.38. The number of aromatic amines is 1. The van der Waals surface area contributed by atoms with Crippen LogP contribution < -0.4 is 5.32 Å². The summed E-state index contributed by atoms with van der Waals surface area (Å²) in [5, 5.41) is 26.7. The van der Waals surface area contributed by atoms with Gasteiger partial charge in [0.25, 0.3) is 0 Å².